The summed E-state index contributed by atoms with van der Waals surface area (Å²) < 4.78 is 33.1. The number of aromatic nitrogens is 6. The van der Waals surface area contributed by atoms with Gasteiger partial charge in [-0.3, -0.25) is 4.79 Å². The van der Waals surface area contributed by atoms with Crippen LogP contribution in [0.2, 0.25) is 0 Å². The number of amides is 1. The van der Waals surface area contributed by atoms with Crippen molar-refractivity contribution in [2.24, 2.45) is 10.2 Å². The van der Waals surface area contributed by atoms with Gasteiger partial charge in [0.15, 0.2) is 0 Å². The molecule has 0 bridgehead atoms. The van der Waals surface area contributed by atoms with E-state index in [1.807, 2.05) is 22.8 Å². The lowest BCUT2D eigenvalue weighted by Crippen LogP contribution is -2.41. The first-order valence-electron chi connectivity index (χ1n) is 11.7. The number of pyridine rings is 1. The maximum atomic E-state index is 13.3. The third kappa shape index (κ3) is 4.59. The highest BCUT2D eigenvalue weighted by Gasteiger charge is 2.35. The first-order chi connectivity index (χ1) is 17.9. The fourth-order valence-electron chi connectivity index (χ4n) is 4.47. The molecular weight excluding hydrogens is 484 g/mol. The molecule has 5 rings (SSSR count). The highest BCUT2D eigenvalue weighted by atomic mass is 19.3. The van der Waals surface area contributed by atoms with Crippen LogP contribution in [0.5, 0.6) is 0 Å². The van der Waals surface area contributed by atoms with Crippen LogP contribution in [-0.2, 0) is 16.0 Å². The van der Waals surface area contributed by atoms with Gasteiger partial charge in [-0.05, 0) is 23.6 Å². The van der Waals surface area contributed by atoms with Crippen molar-refractivity contribution in [1.29, 1.82) is 0 Å². The number of carbonyl (C=O) groups is 1. The van der Waals surface area contributed by atoms with Crippen molar-refractivity contribution in [2.45, 2.75) is 38.8 Å². The summed E-state index contributed by atoms with van der Waals surface area (Å²) in [7, 11) is 1.32. The molecule has 11 nitrogen and oxygen atoms in total. The Kier molecular flexibility index (Phi) is 6.51. The number of hydrogen-bond donors (Lipinski definition) is 1. The molecule has 0 aliphatic carbocycles. The Morgan fingerprint density at radius 2 is 2.19 bits per heavy atom. The maximum absolute atomic E-state index is 13.3. The van der Waals surface area contributed by atoms with Crippen molar-refractivity contribution >= 4 is 23.5 Å². The number of methoxy groups -OCH3 is 1. The number of alkyl halides is 2. The molecule has 0 aromatic carbocycles. The molecule has 0 spiro atoms. The molecule has 0 fully saturated rings. The second-order valence-electron chi connectivity index (χ2n) is 8.81. The molecule has 1 N–H and O–H groups in total. The van der Waals surface area contributed by atoms with Crippen LogP contribution in [0.25, 0.3) is 5.52 Å². The molecule has 0 saturated heterocycles. The van der Waals surface area contributed by atoms with Crippen LogP contribution < -0.4 is 0 Å². The maximum Gasteiger partial charge on any atom is 0.333 e. The Bertz CT molecular complexity index is 1480. The fourth-order valence-corrected chi connectivity index (χ4v) is 4.47. The molecule has 1 aliphatic heterocycles. The molecule has 1 unspecified atom stereocenters. The van der Waals surface area contributed by atoms with E-state index in [0.29, 0.717) is 29.3 Å². The summed E-state index contributed by atoms with van der Waals surface area (Å²) >= 11 is 0. The van der Waals surface area contributed by atoms with Gasteiger partial charge in [-0.15, -0.1) is 10.2 Å². The van der Waals surface area contributed by atoms with Crippen LogP contribution in [0, 0.1) is 0 Å². The van der Waals surface area contributed by atoms with Crippen molar-refractivity contribution < 1.29 is 18.3 Å². The minimum atomic E-state index is -2.80. The second-order valence-corrected chi connectivity index (χ2v) is 8.81. The predicted octanol–water partition coefficient (Wildman–Crippen LogP) is 3.33. The minimum absolute atomic E-state index is 0.0534. The Morgan fingerprint density at radius 1 is 1.35 bits per heavy atom. The van der Waals surface area contributed by atoms with Crippen molar-refractivity contribution in [3.8, 4) is 0 Å². The van der Waals surface area contributed by atoms with Gasteiger partial charge in [-0.1, -0.05) is 19.9 Å². The number of imidazole rings is 1. The summed E-state index contributed by atoms with van der Waals surface area (Å²) in [6, 6.07) is 5.48. The summed E-state index contributed by atoms with van der Waals surface area (Å²) in [6.45, 7) is 1.86. The summed E-state index contributed by atoms with van der Waals surface area (Å²) in [4.78, 5) is 22.6. The quantitative estimate of drug-likeness (QED) is 0.243. The van der Waals surface area contributed by atoms with Gasteiger partial charge in [0.2, 0.25) is 5.90 Å². The zero-order chi connectivity index (χ0) is 26.1. The molecular formula is C24H25F2N9O2. The van der Waals surface area contributed by atoms with Gasteiger partial charge in [-0.2, -0.15) is 19.0 Å². The number of halogens is 2. The van der Waals surface area contributed by atoms with Crippen LogP contribution in [0.4, 0.5) is 8.78 Å². The van der Waals surface area contributed by atoms with E-state index in [1.165, 1.54) is 13.3 Å². The number of fused-ring (bicyclic) bond motifs is 2. The van der Waals surface area contributed by atoms with Gasteiger partial charge in [-0.25, -0.2) is 14.2 Å². The van der Waals surface area contributed by atoms with E-state index in [2.05, 4.69) is 45.2 Å². The Morgan fingerprint density at radius 3 is 2.92 bits per heavy atom. The van der Waals surface area contributed by atoms with Crippen molar-refractivity contribution in [1.82, 2.24) is 34.3 Å². The summed E-state index contributed by atoms with van der Waals surface area (Å²) in [5, 5.41) is 16.1. The van der Waals surface area contributed by atoms with Crippen LogP contribution in [0.15, 0.2) is 53.3 Å². The SMILES string of the molecule is CO/C(=N\N=C\C(=O)N1CCc2[nH]cnc2C1c1cc2c(C(C)C)cccn2n1)c1cnn(C(F)F)c1. The van der Waals surface area contributed by atoms with Gasteiger partial charge in [0.05, 0.1) is 42.1 Å². The molecule has 1 amide bonds. The fraction of sp³-hybridized carbons (Fsp3) is 0.333. The first-order valence-corrected chi connectivity index (χ1v) is 11.7. The van der Waals surface area contributed by atoms with Gasteiger partial charge in [0.25, 0.3) is 5.91 Å². The molecule has 4 aromatic rings. The Labute approximate surface area is 210 Å². The van der Waals surface area contributed by atoms with E-state index in [0.717, 1.165) is 34.9 Å². The average molecular weight is 510 g/mol. The highest BCUT2D eigenvalue weighted by molar-refractivity contribution is 6.26. The lowest BCUT2D eigenvalue weighted by molar-refractivity contribution is -0.125. The van der Waals surface area contributed by atoms with Gasteiger partial charge in [0, 0.05) is 31.1 Å². The third-order valence-electron chi connectivity index (χ3n) is 6.22. The summed E-state index contributed by atoms with van der Waals surface area (Å²) in [6.07, 6.45) is 7.42. The van der Waals surface area contributed by atoms with Crippen molar-refractivity contribution in [3.63, 3.8) is 0 Å². The smallest absolute Gasteiger partial charge is 0.333 e. The minimum Gasteiger partial charge on any atom is -0.479 e. The zero-order valence-electron chi connectivity index (χ0n) is 20.4. The highest BCUT2D eigenvalue weighted by Crippen LogP contribution is 2.34. The van der Waals surface area contributed by atoms with E-state index in [-0.39, 0.29) is 11.5 Å². The zero-order valence-corrected chi connectivity index (χ0v) is 20.4. The number of H-pyrrole nitrogens is 1. The number of hydrogen-bond acceptors (Lipinski definition) is 7. The normalized spacial score (nSPS) is 16.4. The standard InChI is InChI=1S/C24H25F2N9O2/c1-14(2)16-5-4-7-34-19(16)9-18(32-34)22-21-17(27-13-28-21)6-8-33(22)20(36)11-29-31-23(37-3)15-10-30-35(12-15)24(25)26/h4-5,7,9-14,22,24H,6,8H2,1-3H3,(H,27,28)/b29-11+,31-23-. The number of ether oxygens (including phenoxy) is 1. The molecule has 0 radical (unpaired) electrons. The number of aromatic amines is 1. The molecule has 0 saturated carbocycles. The van der Waals surface area contributed by atoms with Crippen molar-refractivity contribution in [3.05, 3.63) is 71.3 Å². The number of rotatable bonds is 6. The van der Waals surface area contributed by atoms with Gasteiger partial charge < -0.3 is 14.6 Å². The summed E-state index contributed by atoms with van der Waals surface area (Å²) in [5.74, 6) is -0.157. The summed E-state index contributed by atoms with van der Waals surface area (Å²) in [5.41, 5.74) is 4.68. The van der Waals surface area contributed by atoms with Crippen LogP contribution in [0.3, 0.4) is 0 Å². The molecule has 1 atom stereocenters. The molecule has 37 heavy (non-hydrogen) atoms. The lowest BCUT2D eigenvalue weighted by atomic mass is 9.98. The number of carbonyl (C=O) groups excluding carboxylic acids is 1. The van der Waals surface area contributed by atoms with E-state index in [4.69, 9.17) is 9.84 Å². The third-order valence-corrected chi connectivity index (χ3v) is 6.22. The van der Waals surface area contributed by atoms with E-state index in [9.17, 15) is 13.6 Å². The van der Waals surface area contributed by atoms with Crippen LogP contribution in [-0.4, -0.2) is 65.9 Å². The topological polar surface area (TPSA) is 118 Å². The second kappa shape index (κ2) is 9.91. The number of nitrogens with zero attached hydrogens (tertiary/aromatic N) is 8. The lowest BCUT2D eigenvalue weighted by Gasteiger charge is -2.32. The average Bonchev–Trinajstić information content (AvgIpc) is 3.64. The van der Waals surface area contributed by atoms with Gasteiger partial charge in [0.1, 0.15) is 12.3 Å². The first kappa shape index (κ1) is 24.3. The molecule has 5 heterocycles. The number of nitrogens with one attached hydrogen (secondary N) is 1. The van der Waals surface area contributed by atoms with Crippen LogP contribution >= 0.6 is 0 Å². The van der Waals surface area contributed by atoms with E-state index < -0.39 is 18.5 Å². The largest absolute Gasteiger partial charge is 0.479 e. The van der Waals surface area contributed by atoms with E-state index in [1.54, 1.807) is 11.2 Å². The van der Waals surface area contributed by atoms with Crippen LogP contribution in [0.1, 0.15) is 60.6 Å². The van der Waals surface area contributed by atoms with Crippen molar-refractivity contribution in [2.75, 3.05) is 13.7 Å². The molecule has 4 aromatic heterocycles. The van der Waals surface area contributed by atoms with E-state index >= 15 is 0 Å². The Hall–Kier alpha value is -4.42. The monoisotopic (exact) mass is 509 g/mol. The molecule has 1 aliphatic rings. The molecule has 13 heteroatoms. The van der Waals surface area contributed by atoms with Gasteiger partial charge >= 0.3 is 6.55 Å². The molecule has 192 valence electrons. The predicted molar refractivity (Wildman–Crippen MR) is 131 cm³/mol. The Balaban J connectivity index is 1.45.